The number of carbonyl (C=O) groups is 10. The van der Waals surface area contributed by atoms with Crippen LogP contribution in [0, 0.1) is 139 Å². The number of esters is 10. The van der Waals surface area contributed by atoms with E-state index in [0.717, 1.165) is 151 Å². The standard InChI is InChI=1S/C29H44O5.C19H32O2.C16H22O6.C16H26O4.C14H26O2.C10H16O4.12CH4/c1-4-28(2,3)26(30)34-25-22-10-19-11-23(25)14-29(12-19,13-22)27(31)33-16-32-15-24-20-6-17-5-18(8-20)9-21(24)7-17;1-6-18(4,5)17(20)21-19(12(2)3)15-8-13-7-14(10-15)11-16(19)9-13;1-4-16(2,3)15(19)20-7-11(17)21-12-8-5-9-10(6-8)14(18)22-13(9)12;1-4-13(2,3)12(17)20-16-7-11-5-14(18,9-16)8-15(19,6-11)10-16;1-5-13(3,4)12(15)16-14(6-2)10-8-7-9-11-14;1-4-10(2,3)9(12)14-7-5-6-13-8(7)11;;;;;;;;;;;;/h17-25H,4-16H2,1-3H3;12-16H,6-11H2,1-5H3;8-10,12-13H,4-7H2,1-3H3;11,18-19H,4-10H2,1-3H3;5-11H2,1-4H3;7H,4-6H2,1-3H3;12*1H4. The summed E-state index contributed by atoms with van der Waals surface area (Å²) in [5.41, 5.74) is -5.80. The molecular formula is C116H214O23. The summed E-state index contributed by atoms with van der Waals surface area (Å²) in [4.78, 5) is 121. The highest BCUT2D eigenvalue weighted by Gasteiger charge is 2.68. The van der Waals surface area contributed by atoms with E-state index in [1.165, 1.54) is 83.5 Å². The van der Waals surface area contributed by atoms with Crippen LogP contribution in [0.4, 0.5) is 0 Å². The first-order valence-electron chi connectivity index (χ1n) is 50.5. The molecular weight excluding hydrogens is 1760 g/mol. The van der Waals surface area contributed by atoms with E-state index >= 15 is 0 Å². The van der Waals surface area contributed by atoms with Gasteiger partial charge in [-0.15, -0.1) is 0 Å². The second kappa shape index (κ2) is 51.8. The van der Waals surface area contributed by atoms with Crippen molar-refractivity contribution in [2.75, 3.05) is 26.6 Å². The Balaban J connectivity index is 0.00000165. The Morgan fingerprint density at radius 1 is 0.417 bits per heavy atom. The van der Waals surface area contributed by atoms with E-state index in [1.54, 1.807) is 27.7 Å². The molecule has 19 aliphatic carbocycles. The Labute approximate surface area is 848 Å². The van der Waals surface area contributed by atoms with Crippen LogP contribution in [0.1, 0.15) is 466 Å². The number of fused-ring (bicyclic) bond motifs is 1. The van der Waals surface area contributed by atoms with Crippen LogP contribution in [0.3, 0.4) is 0 Å². The minimum absolute atomic E-state index is 0. The fraction of sp³-hybridized carbons (Fsp3) is 0.914. The Kier molecular flexibility index (Phi) is 49.7. The number of carbonyl (C=O) groups excluding carboxylic acids is 10. The molecule has 21 aliphatic rings. The molecule has 0 aromatic carbocycles. The maximum Gasteiger partial charge on any atom is 0.347 e. The van der Waals surface area contributed by atoms with Crippen molar-refractivity contribution in [2.24, 2.45) is 139 Å². The van der Waals surface area contributed by atoms with Crippen molar-refractivity contribution < 1.29 is 110 Å². The fourth-order valence-electron chi connectivity index (χ4n) is 27.0. The second-order valence-corrected chi connectivity index (χ2v) is 48.1. The van der Waals surface area contributed by atoms with Crippen molar-refractivity contribution >= 4 is 59.7 Å². The molecule has 0 radical (unpaired) electrons. The number of hydrogen-bond donors (Lipinski definition) is 2. The van der Waals surface area contributed by atoms with Crippen LogP contribution >= 0.6 is 0 Å². The Morgan fingerprint density at radius 3 is 1.29 bits per heavy atom. The van der Waals surface area contributed by atoms with E-state index in [-0.39, 0.29) is 214 Å². The number of cyclic esters (lactones) is 1. The quantitative estimate of drug-likeness (QED) is 0.0334. The summed E-state index contributed by atoms with van der Waals surface area (Å²) in [5, 5.41) is 21.3. The van der Waals surface area contributed by atoms with Crippen molar-refractivity contribution in [1.29, 1.82) is 0 Å². The van der Waals surface area contributed by atoms with E-state index in [0.29, 0.717) is 86.6 Å². The van der Waals surface area contributed by atoms with Crippen molar-refractivity contribution in [3.63, 3.8) is 0 Å². The van der Waals surface area contributed by atoms with E-state index in [1.807, 2.05) is 90.0 Å². The lowest BCUT2D eigenvalue weighted by atomic mass is 9.47. The van der Waals surface area contributed by atoms with Gasteiger partial charge in [0.1, 0.15) is 35.1 Å². The van der Waals surface area contributed by atoms with Gasteiger partial charge in [-0.1, -0.05) is 158 Å². The van der Waals surface area contributed by atoms with Crippen LogP contribution in [0.15, 0.2) is 0 Å². The average Bonchev–Trinajstić information content (AvgIpc) is 1.54. The minimum atomic E-state index is -0.842. The molecule has 21 rings (SSSR count). The Hall–Kier alpha value is -5.42. The predicted molar refractivity (Wildman–Crippen MR) is 557 cm³/mol. The molecule has 139 heavy (non-hydrogen) atoms. The second-order valence-electron chi connectivity index (χ2n) is 48.1. The summed E-state index contributed by atoms with van der Waals surface area (Å²) in [6, 6.07) is 0. The molecule has 0 spiro atoms. The molecule has 0 aromatic heterocycles. The first-order chi connectivity index (χ1) is 59.4. The third-order valence-corrected chi connectivity index (χ3v) is 36.2. The van der Waals surface area contributed by atoms with Gasteiger partial charge in [-0.3, -0.25) is 38.4 Å². The molecule has 2 heterocycles. The largest absolute Gasteiger partial charge is 0.463 e. The van der Waals surface area contributed by atoms with Gasteiger partial charge in [-0.05, 0) is 365 Å². The summed E-state index contributed by atoms with van der Waals surface area (Å²) < 4.78 is 61.6. The van der Waals surface area contributed by atoms with Crippen LogP contribution in [-0.2, 0) is 100 Å². The summed E-state index contributed by atoms with van der Waals surface area (Å²) in [5.74, 6) is 7.39. The van der Waals surface area contributed by atoms with Crippen LogP contribution in [0.2, 0.25) is 0 Å². The Morgan fingerprint density at radius 2 is 0.849 bits per heavy atom. The van der Waals surface area contributed by atoms with Gasteiger partial charge in [0.25, 0.3) is 0 Å². The minimum Gasteiger partial charge on any atom is -0.463 e. The molecule has 0 aromatic rings. The average molecular weight is 1980 g/mol. The highest BCUT2D eigenvalue weighted by molar-refractivity contribution is 5.84. The van der Waals surface area contributed by atoms with Crippen molar-refractivity contribution in [2.45, 2.75) is 518 Å². The number of rotatable bonds is 27. The summed E-state index contributed by atoms with van der Waals surface area (Å²) >= 11 is 0. The van der Waals surface area contributed by atoms with Gasteiger partial charge in [0.2, 0.25) is 6.10 Å². The molecule has 2 aliphatic heterocycles. The van der Waals surface area contributed by atoms with E-state index in [2.05, 4.69) is 27.7 Å². The van der Waals surface area contributed by atoms with Gasteiger partial charge in [-0.25, -0.2) is 9.59 Å². The molecule has 816 valence electrons. The maximum absolute atomic E-state index is 13.3. The van der Waals surface area contributed by atoms with Crippen molar-refractivity contribution in [3.8, 4) is 0 Å². The molecule has 0 amide bonds. The SMILES string of the molecule is C.C.C.C.C.C.C.C.C.C.C.C.CCC(C)(C)C(=O)OC1(C(C)C)C2CC3CC(C2)CC1C3.CCC(C)(C)C(=O)OC12CC3CC(O)(CC(O)(C3)C1)C2.CCC(C)(C)C(=O)OC1C2CC3CC1CC(C(=O)OCOCC1C4CC5CC(C4)CC1C5)(C3)C2.CCC(C)(C)C(=O)OC1CCOC1=O.CCC(C)(C)C(=O)OCC(=O)OC1C2CC3C(=O)OC1C3C2.CCC1(OC(=O)C(C)(C)CC)CCCCC1. The topological polar surface area (TPSA) is 313 Å². The highest BCUT2D eigenvalue weighted by atomic mass is 16.7. The Bertz CT molecular complexity index is 3820. The zero-order valence-corrected chi connectivity index (χ0v) is 81.9. The van der Waals surface area contributed by atoms with Crippen LogP contribution in [0.25, 0.3) is 0 Å². The van der Waals surface area contributed by atoms with Gasteiger partial charge in [0.05, 0.1) is 68.2 Å². The molecule has 2 N–H and O–H groups in total. The van der Waals surface area contributed by atoms with Gasteiger partial charge >= 0.3 is 59.7 Å². The van der Waals surface area contributed by atoms with Crippen molar-refractivity contribution in [1.82, 2.24) is 0 Å². The highest BCUT2D eigenvalue weighted by Crippen LogP contribution is 2.66. The van der Waals surface area contributed by atoms with Gasteiger partial charge in [0, 0.05) is 37.5 Å². The third kappa shape index (κ3) is 29.1. The zero-order valence-electron chi connectivity index (χ0n) is 81.9. The summed E-state index contributed by atoms with van der Waals surface area (Å²) in [6.07, 6.45) is 34.1. The smallest absolute Gasteiger partial charge is 0.347 e. The first-order valence-corrected chi connectivity index (χ1v) is 50.5. The molecule has 19 saturated carbocycles. The van der Waals surface area contributed by atoms with Gasteiger partial charge < -0.3 is 62.3 Å². The molecule has 2 saturated heterocycles. The van der Waals surface area contributed by atoms with Crippen LogP contribution in [0.5, 0.6) is 0 Å². The zero-order chi connectivity index (χ0) is 93.0. The molecule has 21 fully saturated rings. The maximum atomic E-state index is 13.3. The number of ether oxygens (including phenoxy) is 11. The first kappa shape index (κ1) is 134. The molecule has 23 heteroatoms. The van der Waals surface area contributed by atoms with Gasteiger partial charge in [0.15, 0.2) is 13.4 Å². The molecule has 10 atom stereocenters. The van der Waals surface area contributed by atoms with E-state index in [9.17, 15) is 58.2 Å². The van der Waals surface area contributed by atoms with Crippen molar-refractivity contribution in [3.05, 3.63) is 0 Å². The van der Waals surface area contributed by atoms with Crippen LogP contribution in [-0.4, -0.2) is 149 Å². The summed E-state index contributed by atoms with van der Waals surface area (Å²) in [6.45, 7) is 42.3. The summed E-state index contributed by atoms with van der Waals surface area (Å²) in [7, 11) is 0. The lowest BCUT2D eigenvalue weighted by molar-refractivity contribution is -0.264. The molecule has 23 nitrogen and oxygen atoms in total. The number of hydrogen-bond acceptors (Lipinski definition) is 23. The molecule has 10 unspecified atom stereocenters. The normalized spacial score (nSPS) is 34.4. The lowest BCUT2D eigenvalue weighted by Gasteiger charge is -2.62. The number of aliphatic hydroxyl groups is 2. The van der Waals surface area contributed by atoms with E-state index < -0.39 is 62.5 Å². The van der Waals surface area contributed by atoms with Gasteiger partial charge in [-0.2, -0.15) is 0 Å². The predicted octanol–water partition coefficient (Wildman–Crippen LogP) is 27.2. The third-order valence-electron chi connectivity index (χ3n) is 36.2. The van der Waals surface area contributed by atoms with E-state index in [4.69, 9.17) is 52.1 Å². The fourth-order valence-corrected chi connectivity index (χ4v) is 27.0. The molecule has 18 bridgehead atoms. The van der Waals surface area contributed by atoms with Crippen LogP contribution < -0.4 is 0 Å². The monoisotopic (exact) mass is 1980 g/mol. The lowest BCUT2D eigenvalue weighted by Crippen LogP contribution is -2.67.